The van der Waals surface area contributed by atoms with E-state index in [-0.39, 0.29) is 17.2 Å². The van der Waals surface area contributed by atoms with E-state index >= 15 is 0 Å². The van der Waals surface area contributed by atoms with Gasteiger partial charge < -0.3 is 4.90 Å². The van der Waals surface area contributed by atoms with Gasteiger partial charge in [0.15, 0.2) is 0 Å². The third kappa shape index (κ3) is 0.917. The molecular formula is C8H15NO. The lowest BCUT2D eigenvalue weighted by Crippen LogP contribution is -2.21. The Hall–Kier alpha value is -0.530. The van der Waals surface area contributed by atoms with E-state index in [1.807, 2.05) is 18.9 Å². The number of hydrogen-bond donors (Lipinski definition) is 0. The zero-order chi connectivity index (χ0) is 7.94. The number of rotatable bonds is 0. The van der Waals surface area contributed by atoms with Gasteiger partial charge in [-0.2, -0.15) is 0 Å². The molecule has 0 N–H and O–H groups in total. The van der Waals surface area contributed by atoms with Crippen LogP contribution in [-0.2, 0) is 4.79 Å². The fraction of sp³-hybridized carbons (Fsp3) is 0.875. The molecule has 1 fully saturated rings. The van der Waals surface area contributed by atoms with Gasteiger partial charge in [0.25, 0.3) is 0 Å². The molecule has 1 rings (SSSR count). The lowest BCUT2D eigenvalue weighted by atomic mass is 9.83. The minimum absolute atomic E-state index is 0.172. The third-order valence-electron chi connectivity index (χ3n) is 2.56. The summed E-state index contributed by atoms with van der Waals surface area (Å²) in [6.07, 6.45) is 0. The van der Waals surface area contributed by atoms with Crippen LogP contribution in [0.5, 0.6) is 0 Å². The van der Waals surface area contributed by atoms with Crippen molar-refractivity contribution >= 4 is 5.91 Å². The largest absolute Gasteiger partial charge is 0.345 e. The molecule has 0 radical (unpaired) electrons. The summed E-state index contributed by atoms with van der Waals surface area (Å²) < 4.78 is 0. The second kappa shape index (κ2) is 1.97. The first-order chi connectivity index (χ1) is 4.45. The van der Waals surface area contributed by atoms with Gasteiger partial charge in [-0.15, -0.1) is 0 Å². The topological polar surface area (TPSA) is 20.3 Å². The summed E-state index contributed by atoms with van der Waals surface area (Å²) in [4.78, 5) is 13.1. The molecule has 0 unspecified atom stereocenters. The highest BCUT2D eigenvalue weighted by atomic mass is 16.2. The van der Waals surface area contributed by atoms with E-state index in [0.29, 0.717) is 0 Å². The third-order valence-corrected chi connectivity index (χ3v) is 2.56. The lowest BCUT2D eigenvalue weighted by molar-refractivity contribution is -0.129. The summed E-state index contributed by atoms with van der Waals surface area (Å²) >= 11 is 0. The van der Waals surface area contributed by atoms with E-state index < -0.39 is 0 Å². The van der Waals surface area contributed by atoms with Gasteiger partial charge in [-0.05, 0) is 5.41 Å². The maximum absolute atomic E-state index is 11.2. The minimum Gasteiger partial charge on any atom is -0.345 e. The first-order valence-corrected chi connectivity index (χ1v) is 3.70. The Morgan fingerprint density at radius 3 is 2.20 bits per heavy atom. The fourth-order valence-electron chi connectivity index (χ4n) is 1.49. The molecule has 1 aliphatic heterocycles. The number of likely N-dealkylation sites (tertiary alicyclic amines) is 1. The summed E-state index contributed by atoms with van der Waals surface area (Å²) in [5.74, 6) is 0.475. The molecule has 1 heterocycles. The molecule has 10 heavy (non-hydrogen) atoms. The number of carbonyl (C=O) groups excluding carboxylic acids is 1. The van der Waals surface area contributed by atoms with E-state index in [9.17, 15) is 4.79 Å². The van der Waals surface area contributed by atoms with Crippen LogP contribution < -0.4 is 0 Å². The van der Waals surface area contributed by atoms with Crippen molar-refractivity contribution in [2.75, 3.05) is 13.6 Å². The Balaban J connectivity index is 2.81. The summed E-state index contributed by atoms with van der Waals surface area (Å²) in [6, 6.07) is 0. The number of carbonyl (C=O) groups is 1. The van der Waals surface area contributed by atoms with Crippen molar-refractivity contribution in [3.63, 3.8) is 0 Å². The highest BCUT2D eigenvalue weighted by Gasteiger charge is 2.41. The second-order valence-corrected chi connectivity index (χ2v) is 3.90. The van der Waals surface area contributed by atoms with E-state index in [1.165, 1.54) is 0 Å². The zero-order valence-corrected chi connectivity index (χ0v) is 7.14. The van der Waals surface area contributed by atoms with E-state index in [0.717, 1.165) is 6.54 Å². The van der Waals surface area contributed by atoms with Crippen molar-refractivity contribution in [3.05, 3.63) is 0 Å². The summed E-state index contributed by atoms with van der Waals surface area (Å²) in [6.45, 7) is 7.18. The van der Waals surface area contributed by atoms with Crippen LogP contribution in [0.4, 0.5) is 0 Å². The Morgan fingerprint density at radius 1 is 1.60 bits per heavy atom. The van der Waals surface area contributed by atoms with Gasteiger partial charge in [-0.25, -0.2) is 0 Å². The molecule has 58 valence electrons. The first kappa shape index (κ1) is 7.58. The van der Waals surface area contributed by atoms with Crippen LogP contribution in [0.25, 0.3) is 0 Å². The van der Waals surface area contributed by atoms with Crippen molar-refractivity contribution in [2.24, 2.45) is 11.3 Å². The molecular weight excluding hydrogens is 126 g/mol. The van der Waals surface area contributed by atoms with Crippen LogP contribution in [0, 0.1) is 11.3 Å². The Kier molecular flexibility index (Phi) is 1.50. The molecule has 0 aliphatic carbocycles. The molecule has 0 bridgehead atoms. The molecule has 1 aliphatic rings. The summed E-state index contributed by atoms with van der Waals surface area (Å²) in [5.41, 5.74) is 0.172. The number of amides is 1. The molecule has 1 amide bonds. The van der Waals surface area contributed by atoms with Crippen LogP contribution >= 0.6 is 0 Å². The van der Waals surface area contributed by atoms with Gasteiger partial charge in [-0.1, -0.05) is 20.8 Å². The van der Waals surface area contributed by atoms with Crippen LogP contribution in [0.2, 0.25) is 0 Å². The maximum atomic E-state index is 11.2. The Bertz CT molecular complexity index is 163. The number of hydrogen-bond acceptors (Lipinski definition) is 1. The minimum atomic E-state index is 0.172. The van der Waals surface area contributed by atoms with Crippen LogP contribution in [0.15, 0.2) is 0 Å². The van der Waals surface area contributed by atoms with E-state index in [1.54, 1.807) is 0 Å². The average molecular weight is 141 g/mol. The molecule has 0 aromatic rings. The zero-order valence-electron chi connectivity index (χ0n) is 7.14. The summed E-state index contributed by atoms with van der Waals surface area (Å²) in [5, 5.41) is 0. The van der Waals surface area contributed by atoms with Crippen LogP contribution in [0.1, 0.15) is 20.8 Å². The second-order valence-electron chi connectivity index (χ2n) is 3.90. The normalized spacial score (nSPS) is 31.4. The predicted molar refractivity (Wildman–Crippen MR) is 40.6 cm³/mol. The van der Waals surface area contributed by atoms with Gasteiger partial charge in [0.1, 0.15) is 0 Å². The van der Waals surface area contributed by atoms with E-state index in [2.05, 4.69) is 13.8 Å². The maximum Gasteiger partial charge on any atom is 0.225 e. The smallest absolute Gasteiger partial charge is 0.225 e. The average Bonchev–Trinajstić information content (AvgIpc) is 1.95. The molecule has 0 aromatic heterocycles. The monoisotopic (exact) mass is 141 g/mol. The van der Waals surface area contributed by atoms with Gasteiger partial charge in [0.05, 0.1) is 0 Å². The molecule has 2 heteroatoms. The lowest BCUT2D eigenvalue weighted by Gasteiger charge is -2.19. The van der Waals surface area contributed by atoms with Crippen molar-refractivity contribution in [1.29, 1.82) is 0 Å². The van der Waals surface area contributed by atoms with Gasteiger partial charge in [-0.3, -0.25) is 4.79 Å². The van der Waals surface area contributed by atoms with Crippen molar-refractivity contribution < 1.29 is 4.79 Å². The Morgan fingerprint density at radius 2 is 2.10 bits per heavy atom. The Labute approximate surface area is 62.2 Å². The number of nitrogens with zero attached hydrogens (tertiary/aromatic N) is 1. The molecule has 1 atom stereocenters. The van der Waals surface area contributed by atoms with E-state index in [4.69, 9.17) is 0 Å². The highest BCUT2D eigenvalue weighted by molar-refractivity contribution is 5.81. The standard InChI is InChI=1S/C8H15NO/c1-6-7(10)9(4)5-8(6,2)3/h6H,5H2,1-4H3/t6-/m1/s1. The quantitative estimate of drug-likeness (QED) is 0.495. The van der Waals surface area contributed by atoms with Gasteiger partial charge in [0.2, 0.25) is 5.91 Å². The highest BCUT2D eigenvalue weighted by Crippen LogP contribution is 2.34. The van der Waals surface area contributed by atoms with Gasteiger partial charge in [0, 0.05) is 19.5 Å². The van der Waals surface area contributed by atoms with Crippen LogP contribution in [-0.4, -0.2) is 24.4 Å². The fourth-order valence-corrected chi connectivity index (χ4v) is 1.49. The predicted octanol–water partition coefficient (Wildman–Crippen LogP) is 1.12. The molecule has 0 spiro atoms. The molecule has 2 nitrogen and oxygen atoms in total. The van der Waals surface area contributed by atoms with Crippen molar-refractivity contribution in [3.8, 4) is 0 Å². The molecule has 0 aromatic carbocycles. The summed E-state index contributed by atoms with van der Waals surface area (Å²) in [7, 11) is 1.87. The molecule has 1 saturated heterocycles. The SMILES string of the molecule is C[C@@H]1C(=O)N(C)CC1(C)C. The van der Waals surface area contributed by atoms with Crippen LogP contribution in [0.3, 0.4) is 0 Å². The van der Waals surface area contributed by atoms with Crippen molar-refractivity contribution in [2.45, 2.75) is 20.8 Å². The molecule has 0 saturated carbocycles. The van der Waals surface area contributed by atoms with Gasteiger partial charge >= 0.3 is 0 Å². The van der Waals surface area contributed by atoms with Crippen molar-refractivity contribution in [1.82, 2.24) is 4.90 Å². The first-order valence-electron chi connectivity index (χ1n) is 3.70.